The van der Waals surface area contributed by atoms with Gasteiger partial charge in [0.2, 0.25) is 5.91 Å². The second kappa shape index (κ2) is 13.2. The van der Waals surface area contributed by atoms with Crippen molar-refractivity contribution in [3.8, 4) is 11.5 Å². The number of Topliss-reactive ketones (excluding diaryl/α,β-unsaturated/α-hetero) is 1. The average molecular weight is 626 g/mol. The van der Waals surface area contributed by atoms with Gasteiger partial charge in [-0.2, -0.15) is 0 Å². The Morgan fingerprint density at radius 3 is 2.66 bits per heavy atom. The van der Waals surface area contributed by atoms with Crippen molar-refractivity contribution >= 4 is 56.0 Å². The summed E-state index contributed by atoms with van der Waals surface area (Å²) in [6.45, 7) is 3.61. The quantitative estimate of drug-likeness (QED) is 0.270. The number of methoxy groups -OCH3 is 1. The first kappa shape index (κ1) is 30.0. The molecule has 3 aromatic rings. The summed E-state index contributed by atoms with van der Waals surface area (Å²) in [5.41, 5.74) is 1.40. The minimum Gasteiger partial charge on any atom is -0.496 e. The van der Waals surface area contributed by atoms with Crippen LogP contribution in [0.3, 0.4) is 0 Å². The van der Waals surface area contributed by atoms with Crippen LogP contribution in [0.4, 0.5) is 5.69 Å². The van der Waals surface area contributed by atoms with Crippen molar-refractivity contribution in [3.63, 3.8) is 0 Å². The number of aliphatic carboxylic acids is 1. The smallest absolute Gasteiger partial charge is 0.303 e. The van der Waals surface area contributed by atoms with Crippen molar-refractivity contribution in [1.82, 2.24) is 5.32 Å². The van der Waals surface area contributed by atoms with Gasteiger partial charge in [0.15, 0.2) is 11.5 Å². The monoisotopic (exact) mass is 624 g/mol. The minimum absolute atomic E-state index is 0.0141. The van der Waals surface area contributed by atoms with E-state index in [4.69, 9.17) is 14.6 Å². The zero-order valence-corrected chi connectivity index (χ0v) is 24.8. The molecule has 0 saturated carbocycles. The molecule has 4 rings (SSSR count). The topological polar surface area (TPSA) is 122 Å². The van der Waals surface area contributed by atoms with E-state index >= 15 is 0 Å². The number of carboxylic acid groups (broad SMARTS) is 1. The van der Waals surface area contributed by atoms with Crippen LogP contribution in [0.2, 0.25) is 0 Å². The standard InChI is InChI=1S/C31H33BrN2O7/c1-4-18(2)30(38)33-24-17-41-29-22(26(35)9-6-10-28(36)37)7-5-8-25(29)34(31(24)39)16-23-21-13-12-20(32)15-19(21)11-14-27(23)40-3/h5,7-8,11-15,18,24H,4,6,9-10,16-17H2,1-3H3,(H,33,38)(H,36,37)/t18-,24+/m1/s1. The molecule has 0 radical (unpaired) electrons. The SMILES string of the molecule is CC[C@@H](C)C(=O)N[C@H]1COc2c(C(=O)CCCC(=O)O)cccc2N(Cc2c(OC)ccc3cc(Br)ccc23)C1=O. The fourth-order valence-corrected chi connectivity index (χ4v) is 5.19. The Balaban J connectivity index is 1.80. The van der Waals surface area contributed by atoms with Crippen molar-refractivity contribution < 1.29 is 33.8 Å². The molecule has 2 amide bonds. The third-order valence-corrected chi connectivity index (χ3v) is 7.79. The summed E-state index contributed by atoms with van der Waals surface area (Å²) in [5, 5.41) is 13.7. The van der Waals surface area contributed by atoms with Crippen LogP contribution in [0.5, 0.6) is 11.5 Å². The predicted molar refractivity (Wildman–Crippen MR) is 159 cm³/mol. The number of para-hydroxylation sites is 1. The number of benzene rings is 3. The summed E-state index contributed by atoms with van der Waals surface area (Å²) in [7, 11) is 1.56. The molecule has 0 unspecified atom stereocenters. The summed E-state index contributed by atoms with van der Waals surface area (Å²) >= 11 is 3.51. The van der Waals surface area contributed by atoms with Crippen LogP contribution in [0.25, 0.3) is 10.8 Å². The lowest BCUT2D eigenvalue weighted by Gasteiger charge is -2.27. The summed E-state index contributed by atoms with van der Waals surface area (Å²) in [5.74, 6) is -1.41. The first-order valence-electron chi connectivity index (χ1n) is 13.5. The zero-order valence-electron chi connectivity index (χ0n) is 23.2. The summed E-state index contributed by atoms with van der Waals surface area (Å²) < 4.78 is 12.7. The molecule has 2 N–H and O–H groups in total. The van der Waals surface area contributed by atoms with Crippen LogP contribution >= 0.6 is 15.9 Å². The Morgan fingerprint density at radius 2 is 1.95 bits per heavy atom. The third-order valence-electron chi connectivity index (χ3n) is 7.30. The highest BCUT2D eigenvalue weighted by atomic mass is 79.9. The van der Waals surface area contributed by atoms with E-state index in [1.807, 2.05) is 37.3 Å². The number of nitrogens with one attached hydrogen (secondary N) is 1. The molecule has 10 heteroatoms. The normalized spacial score (nSPS) is 15.5. The van der Waals surface area contributed by atoms with Gasteiger partial charge in [-0.25, -0.2) is 0 Å². The van der Waals surface area contributed by atoms with Crippen LogP contribution < -0.4 is 19.7 Å². The Morgan fingerprint density at radius 1 is 1.17 bits per heavy atom. The molecule has 2 atom stereocenters. The lowest BCUT2D eigenvalue weighted by Crippen LogP contribution is -2.51. The van der Waals surface area contributed by atoms with E-state index in [-0.39, 0.29) is 67.2 Å². The Labute approximate surface area is 246 Å². The number of rotatable bonds is 11. The number of ether oxygens (including phenoxy) is 2. The molecule has 9 nitrogen and oxygen atoms in total. The second-order valence-corrected chi connectivity index (χ2v) is 11.0. The van der Waals surface area contributed by atoms with Crippen LogP contribution in [-0.4, -0.2) is 48.4 Å². The fraction of sp³-hybridized carbons (Fsp3) is 0.355. The van der Waals surface area contributed by atoms with Crippen molar-refractivity contribution in [3.05, 3.63) is 64.1 Å². The maximum atomic E-state index is 14.1. The molecule has 0 spiro atoms. The maximum absolute atomic E-state index is 14.1. The molecule has 216 valence electrons. The zero-order chi connectivity index (χ0) is 29.7. The van der Waals surface area contributed by atoms with Gasteiger partial charge in [0.05, 0.1) is 24.9 Å². The molecule has 41 heavy (non-hydrogen) atoms. The van der Waals surface area contributed by atoms with E-state index in [1.165, 1.54) is 4.90 Å². The fourth-order valence-electron chi connectivity index (χ4n) is 4.81. The van der Waals surface area contributed by atoms with Crippen molar-refractivity contribution in [2.45, 2.75) is 52.1 Å². The first-order chi connectivity index (χ1) is 19.6. The van der Waals surface area contributed by atoms with Crippen LogP contribution in [0.15, 0.2) is 53.0 Å². The lowest BCUT2D eigenvalue weighted by atomic mass is 10.0. The third kappa shape index (κ3) is 6.70. The van der Waals surface area contributed by atoms with Gasteiger partial charge in [0, 0.05) is 28.8 Å². The largest absolute Gasteiger partial charge is 0.496 e. The number of hydrogen-bond donors (Lipinski definition) is 2. The number of carbonyl (C=O) groups is 4. The second-order valence-electron chi connectivity index (χ2n) is 10.0. The summed E-state index contributed by atoms with van der Waals surface area (Å²) in [6.07, 6.45) is 0.666. The maximum Gasteiger partial charge on any atom is 0.303 e. The summed E-state index contributed by atoms with van der Waals surface area (Å²) in [6, 6.07) is 13.6. The number of anilines is 1. The number of amides is 2. The number of hydrogen-bond acceptors (Lipinski definition) is 6. The van der Waals surface area contributed by atoms with Gasteiger partial charge in [-0.05, 0) is 53.9 Å². The highest BCUT2D eigenvalue weighted by molar-refractivity contribution is 9.10. The first-order valence-corrected chi connectivity index (χ1v) is 14.3. The number of carbonyl (C=O) groups excluding carboxylic acids is 3. The molecule has 0 fully saturated rings. The molecule has 0 aromatic heterocycles. The lowest BCUT2D eigenvalue weighted by molar-refractivity contribution is -0.137. The van der Waals surface area contributed by atoms with Crippen molar-refractivity contribution in [2.24, 2.45) is 5.92 Å². The van der Waals surface area contributed by atoms with E-state index in [0.29, 0.717) is 17.9 Å². The van der Waals surface area contributed by atoms with Gasteiger partial charge in [-0.3, -0.25) is 19.2 Å². The minimum atomic E-state index is -0.992. The van der Waals surface area contributed by atoms with Gasteiger partial charge >= 0.3 is 5.97 Å². The molecule has 3 aromatic carbocycles. The van der Waals surface area contributed by atoms with E-state index in [1.54, 1.807) is 32.2 Å². The number of fused-ring (bicyclic) bond motifs is 2. The molecule has 0 saturated heterocycles. The van der Waals surface area contributed by atoms with Crippen LogP contribution in [0.1, 0.15) is 55.5 Å². The Kier molecular flexibility index (Phi) is 9.65. The number of nitrogens with zero attached hydrogens (tertiary/aromatic N) is 1. The van der Waals surface area contributed by atoms with Crippen molar-refractivity contribution in [2.75, 3.05) is 18.6 Å². The van der Waals surface area contributed by atoms with Gasteiger partial charge in [0.25, 0.3) is 5.91 Å². The Bertz CT molecular complexity index is 1490. The average Bonchev–Trinajstić information content (AvgIpc) is 3.08. The molecule has 0 bridgehead atoms. The number of halogens is 1. The molecule has 1 aliphatic rings. The number of ketones is 1. The van der Waals surface area contributed by atoms with Gasteiger partial charge in [-0.1, -0.05) is 48.0 Å². The highest BCUT2D eigenvalue weighted by Crippen LogP contribution is 2.39. The van der Waals surface area contributed by atoms with Gasteiger partial charge < -0.3 is 24.8 Å². The summed E-state index contributed by atoms with van der Waals surface area (Å²) in [4.78, 5) is 52.6. The number of carboxylic acids is 1. The van der Waals surface area contributed by atoms with E-state index in [0.717, 1.165) is 20.8 Å². The molecular formula is C31H33BrN2O7. The highest BCUT2D eigenvalue weighted by Gasteiger charge is 2.35. The van der Waals surface area contributed by atoms with Crippen LogP contribution in [-0.2, 0) is 20.9 Å². The van der Waals surface area contributed by atoms with Crippen molar-refractivity contribution in [1.29, 1.82) is 0 Å². The van der Waals surface area contributed by atoms with E-state index in [9.17, 15) is 19.2 Å². The van der Waals surface area contributed by atoms with E-state index < -0.39 is 12.0 Å². The van der Waals surface area contributed by atoms with Crippen LogP contribution in [0, 0.1) is 5.92 Å². The Hall–Kier alpha value is -3.92. The molecule has 1 heterocycles. The van der Waals surface area contributed by atoms with E-state index in [2.05, 4.69) is 21.2 Å². The van der Waals surface area contributed by atoms with Gasteiger partial charge in [-0.15, -0.1) is 0 Å². The molecule has 0 aliphatic carbocycles. The van der Waals surface area contributed by atoms with Gasteiger partial charge in [0.1, 0.15) is 18.4 Å². The molecule has 1 aliphatic heterocycles. The molecular weight excluding hydrogens is 592 g/mol. The predicted octanol–water partition coefficient (Wildman–Crippen LogP) is 5.51.